The van der Waals surface area contributed by atoms with Crippen molar-refractivity contribution >= 4 is 16.8 Å². The summed E-state index contributed by atoms with van der Waals surface area (Å²) in [6.45, 7) is 2.47. The van der Waals surface area contributed by atoms with Gasteiger partial charge in [0.15, 0.2) is 0 Å². The highest BCUT2D eigenvalue weighted by Crippen LogP contribution is 2.17. The molecule has 0 fully saturated rings. The van der Waals surface area contributed by atoms with Gasteiger partial charge in [-0.15, -0.1) is 0 Å². The molecule has 0 aliphatic heterocycles. The zero-order chi connectivity index (χ0) is 15.5. The molecule has 0 spiro atoms. The summed E-state index contributed by atoms with van der Waals surface area (Å²) < 4.78 is 1.49. The maximum Gasteiger partial charge on any atom is 0.256 e. The van der Waals surface area contributed by atoms with Crippen LogP contribution in [0.25, 0.3) is 10.9 Å². The Labute approximate surface area is 126 Å². The lowest BCUT2D eigenvalue weighted by Crippen LogP contribution is -2.31. The summed E-state index contributed by atoms with van der Waals surface area (Å²) in [6.07, 6.45) is 4.71. The number of H-pyrrole nitrogens is 1. The van der Waals surface area contributed by atoms with Gasteiger partial charge in [-0.25, -0.2) is 4.98 Å². The van der Waals surface area contributed by atoms with Gasteiger partial charge in [0.2, 0.25) is 0 Å². The third kappa shape index (κ3) is 2.63. The van der Waals surface area contributed by atoms with Crippen molar-refractivity contribution in [3.05, 3.63) is 64.5 Å². The van der Waals surface area contributed by atoms with Crippen LogP contribution in [0.1, 0.15) is 15.9 Å². The summed E-state index contributed by atoms with van der Waals surface area (Å²) in [7, 11) is 0. The Morgan fingerprint density at radius 2 is 2.18 bits per heavy atom. The molecule has 0 atom stereocenters. The second-order valence-corrected chi connectivity index (χ2v) is 5.08. The predicted octanol–water partition coefficient (Wildman–Crippen LogP) is 1.46. The van der Waals surface area contributed by atoms with Gasteiger partial charge in [-0.3, -0.25) is 14.2 Å². The number of hydrogen-bond donors (Lipinski definition) is 2. The largest absolute Gasteiger partial charge is 0.360 e. The number of nitrogens with zero attached hydrogens (tertiary/aromatic N) is 2. The SMILES string of the molecule is Cc1cncn(CCNC(=O)c2c[nH]c3ccccc23)c1=O. The van der Waals surface area contributed by atoms with Gasteiger partial charge in [0, 0.05) is 41.9 Å². The topological polar surface area (TPSA) is 79.8 Å². The van der Waals surface area contributed by atoms with Crippen LogP contribution in [0.5, 0.6) is 0 Å². The predicted molar refractivity (Wildman–Crippen MR) is 83.9 cm³/mol. The number of nitrogens with one attached hydrogen (secondary N) is 2. The number of rotatable bonds is 4. The number of fused-ring (bicyclic) bond motifs is 1. The van der Waals surface area contributed by atoms with Crippen molar-refractivity contribution in [1.29, 1.82) is 0 Å². The highest BCUT2D eigenvalue weighted by molar-refractivity contribution is 6.06. The summed E-state index contributed by atoms with van der Waals surface area (Å²) in [5.74, 6) is -0.161. The first-order chi connectivity index (χ1) is 10.7. The first-order valence-electron chi connectivity index (χ1n) is 7.02. The second kappa shape index (κ2) is 5.85. The van der Waals surface area contributed by atoms with Gasteiger partial charge in [-0.05, 0) is 13.0 Å². The highest BCUT2D eigenvalue weighted by atomic mass is 16.1. The summed E-state index contributed by atoms with van der Waals surface area (Å²) >= 11 is 0. The second-order valence-electron chi connectivity index (χ2n) is 5.08. The van der Waals surface area contributed by atoms with Crippen LogP contribution in [0.4, 0.5) is 0 Å². The molecule has 0 saturated carbocycles. The van der Waals surface area contributed by atoms with Gasteiger partial charge in [-0.2, -0.15) is 0 Å². The van der Waals surface area contributed by atoms with Crippen molar-refractivity contribution in [2.75, 3.05) is 6.54 Å². The number of benzene rings is 1. The average molecular weight is 296 g/mol. The van der Waals surface area contributed by atoms with E-state index in [0.29, 0.717) is 24.2 Å². The Morgan fingerprint density at radius 3 is 3.05 bits per heavy atom. The first kappa shape index (κ1) is 14.1. The number of para-hydroxylation sites is 1. The van der Waals surface area contributed by atoms with Crippen LogP contribution < -0.4 is 10.9 Å². The molecule has 6 heteroatoms. The van der Waals surface area contributed by atoms with E-state index in [1.807, 2.05) is 24.3 Å². The van der Waals surface area contributed by atoms with E-state index in [4.69, 9.17) is 0 Å². The Bertz CT molecular complexity index is 879. The van der Waals surface area contributed by atoms with Crippen molar-refractivity contribution < 1.29 is 4.79 Å². The highest BCUT2D eigenvalue weighted by Gasteiger charge is 2.11. The number of hydrogen-bond acceptors (Lipinski definition) is 3. The quantitative estimate of drug-likeness (QED) is 0.765. The Kier molecular flexibility index (Phi) is 3.74. The first-order valence-corrected chi connectivity index (χ1v) is 7.02. The van der Waals surface area contributed by atoms with E-state index < -0.39 is 0 Å². The van der Waals surface area contributed by atoms with E-state index in [2.05, 4.69) is 15.3 Å². The molecule has 3 aromatic rings. The summed E-state index contributed by atoms with van der Waals surface area (Å²) in [5.41, 5.74) is 2.03. The van der Waals surface area contributed by atoms with E-state index in [-0.39, 0.29) is 11.5 Å². The zero-order valence-electron chi connectivity index (χ0n) is 12.2. The molecule has 0 aliphatic rings. The van der Waals surface area contributed by atoms with Crippen LogP contribution in [0.2, 0.25) is 0 Å². The lowest BCUT2D eigenvalue weighted by Gasteiger charge is -2.07. The maximum atomic E-state index is 12.2. The standard InChI is InChI=1S/C16H16N4O2/c1-11-8-17-10-20(16(11)22)7-6-18-15(21)13-9-19-14-5-3-2-4-12(13)14/h2-5,8-10,19H,6-7H2,1H3,(H,18,21). The van der Waals surface area contributed by atoms with Crippen LogP contribution in [0, 0.1) is 6.92 Å². The van der Waals surface area contributed by atoms with Gasteiger partial charge in [-0.1, -0.05) is 18.2 Å². The summed E-state index contributed by atoms with van der Waals surface area (Å²) in [6, 6.07) is 7.63. The molecular weight excluding hydrogens is 280 g/mol. The molecule has 1 aromatic carbocycles. The molecule has 0 unspecified atom stereocenters. The monoisotopic (exact) mass is 296 g/mol. The number of carbonyl (C=O) groups is 1. The Balaban J connectivity index is 1.68. The minimum Gasteiger partial charge on any atom is -0.360 e. The Morgan fingerprint density at radius 1 is 1.36 bits per heavy atom. The molecule has 2 heterocycles. The van der Waals surface area contributed by atoms with Crippen LogP contribution in [-0.2, 0) is 6.54 Å². The molecule has 3 rings (SSSR count). The molecule has 2 N–H and O–H groups in total. The van der Waals surface area contributed by atoms with E-state index >= 15 is 0 Å². The third-order valence-electron chi connectivity index (χ3n) is 3.54. The van der Waals surface area contributed by atoms with Gasteiger partial charge in [0.1, 0.15) is 0 Å². The van der Waals surface area contributed by atoms with Gasteiger partial charge < -0.3 is 10.3 Å². The van der Waals surface area contributed by atoms with Crippen molar-refractivity contribution in [2.24, 2.45) is 0 Å². The minimum absolute atomic E-state index is 0.0867. The number of aromatic amines is 1. The molecule has 1 amide bonds. The third-order valence-corrected chi connectivity index (χ3v) is 3.54. The van der Waals surface area contributed by atoms with Gasteiger partial charge in [0.05, 0.1) is 11.9 Å². The maximum absolute atomic E-state index is 12.2. The van der Waals surface area contributed by atoms with Crippen molar-refractivity contribution in [1.82, 2.24) is 19.9 Å². The lowest BCUT2D eigenvalue weighted by atomic mass is 10.1. The number of amides is 1. The van der Waals surface area contributed by atoms with Crippen LogP contribution in [0.3, 0.4) is 0 Å². The molecule has 0 aliphatic carbocycles. The van der Waals surface area contributed by atoms with E-state index in [1.165, 1.54) is 17.1 Å². The lowest BCUT2D eigenvalue weighted by molar-refractivity contribution is 0.0954. The molecule has 6 nitrogen and oxygen atoms in total. The molecule has 0 radical (unpaired) electrons. The van der Waals surface area contributed by atoms with Crippen LogP contribution in [0.15, 0.2) is 47.8 Å². The fraction of sp³-hybridized carbons (Fsp3) is 0.188. The molecule has 0 saturated heterocycles. The fourth-order valence-electron chi connectivity index (χ4n) is 2.36. The van der Waals surface area contributed by atoms with Crippen LogP contribution >= 0.6 is 0 Å². The fourth-order valence-corrected chi connectivity index (χ4v) is 2.36. The van der Waals surface area contributed by atoms with Crippen molar-refractivity contribution in [3.8, 4) is 0 Å². The molecule has 2 aromatic heterocycles. The van der Waals surface area contributed by atoms with E-state index in [1.54, 1.807) is 13.1 Å². The number of aryl methyl sites for hydroxylation is 1. The van der Waals surface area contributed by atoms with Gasteiger partial charge >= 0.3 is 0 Å². The number of carbonyl (C=O) groups excluding carboxylic acids is 1. The molecule has 22 heavy (non-hydrogen) atoms. The Hall–Kier alpha value is -2.89. The smallest absolute Gasteiger partial charge is 0.256 e. The zero-order valence-corrected chi connectivity index (χ0v) is 12.2. The van der Waals surface area contributed by atoms with E-state index in [0.717, 1.165) is 10.9 Å². The van der Waals surface area contributed by atoms with Gasteiger partial charge in [0.25, 0.3) is 11.5 Å². The van der Waals surface area contributed by atoms with Crippen molar-refractivity contribution in [2.45, 2.75) is 13.5 Å². The van der Waals surface area contributed by atoms with Crippen molar-refractivity contribution in [3.63, 3.8) is 0 Å². The molecular formula is C16H16N4O2. The molecule has 112 valence electrons. The van der Waals surface area contributed by atoms with E-state index in [9.17, 15) is 9.59 Å². The normalized spacial score (nSPS) is 10.8. The summed E-state index contributed by atoms with van der Waals surface area (Å²) in [4.78, 5) is 31.1. The van der Waals surface area contributed by atoms with Crippen LogP contribution in [-0.4, -0.2) is 27.0 Å². The summed E-state index contributed by atoms with van der Waals surface area (Å²) in [5, 5.41) is 3.71. The average Bonchev–Trinajstić information content (AvgIpc) is 2.95. The molecule has 0 bridgehead atoms. The number of aromatic nitrogens is 3. The minimum atomic E-state index is -0.161.